The van der Waals surface area contributed by atoms with Gasteiger partial charge < -0.3 is 14.8 Å². The molecule has 1 aliphatic heterocycles. The first-order chi connectivity index (χ1) is 15.2. The maximum Gasteiger partial charge on any atom is 0.243 e. The van der Waals surface area contributed by atoms with Crippen LogP contribution in [0.5, 0.6) is 11.5 Å². The zero-order chi connectivity index (χ0) is 23.5. The van der Waals surface area contributed by atoms with Crippen LogP contribution in [-0.4, -0.2) is 45.9 Å². The van der Waals surface area contributed by atoms with Crippen LogP contribution in [0, 0.1) is 26.7 Å². The fraction of sp³-hybridized carbons (Fsp3) is 0.458. The topological polar surface area (TPSA) is 84.9 Å². The Morgan fingerprint density at radius 3 is 2.22 bits per heavy atom. The van der Waals surface area contributed by atoms with E-state index in [1.165, 1.54) is 4.31 Å². The van der Waals surface area contributed by atoms with Crippen LogP contribution in [0.2, 0.25) is 0 Å². The number of nitrogens with zero attached hydrogens (tertiary/aromatic N) is 1. The van der Waals surface area contributed by atoms with Gasteiger partial charge in [0, 0.05) is 31.1 Å². The van der Waals surface area contributed by atoms with E-state index in [0.717, 1.165) is 22.3 Å². The van der Waals surface area contributed by atoms with Gasteiger partial charge in [0.1, 0.15) is 11.5 Å². The highest BCUT2D eigenvalue weighted by Gasteiger charge is 2.33. The molecule has 0 bridgehead atoms. The number of amides is 1. The SMILES string of the molecule is COc1ccc(OC)c(CNC(=O)C2CCN(S(=O)(=O)c3c(C)cc(C)cc3C)CC2)c1. The molecule has 7 nitrogen and oxygen atoms in total. The van der Waals surface area contributed by atoms with Gasteiger partial charge in [0.2, 0.25) is 15.9 Å². The predicted molar refractivity (Wildman–Crippen MR) is 124 cm³/mol. The number of nitrogens with one attached hydrogen (secondary N) is 1. The fourth-order valence-corrected chi connectivity index (χ4v) is 6.29. The third kappa shape index (κ3) is 5.07. The summed E-state index contributed by atoms with van der Waals surface area (Å²) in [4.78, 5) is 13.1. The van der Waals surface area contributed by atoms with Crippen molar-refractivity contribution in [3.05, 3.63) is 52.6 Å². The first kappa shape index (κ1) is 24.1. The Balaban J connectivity index is 1.63. The van der Waals surface area contributed by atoms with Crippen molar-refractivity contribution in [1.29, 1.82) is 0 Å². The van der Waals surface area contributed by atoms with E-state index in [9.17, 15) is 13.2 Å². The van der Waals surface area contributed by atoms with Crippen LogP contribution >= 0.6 is 0 Å². The molecule has 174 valence electrons. The molecule has 1 amide bonds. The van der Waals surface area contributed by atoms with E-state index >= 15 is 0 Å². The molecule has 0 atom stereocenters. The number of methoxy groups -OCH3 is 2. The van der Waals surface area contributed by atoms with Crippen LogP contribution in [-0.2, 0) is 21.4 Å². The fourth-order valence-electron chi connectivity index (χ4n) is 4.41. The van der Waals surface area contributed by atoms with Gasteiger partial charge in [0.15, 0.2) is 0 Å². The molecule has 0 aliphatic carbocycles. The van der Waals surface area contributed by atoms with Crippen LogP contribution in [0.15, 0.2) is 35.2 Å². The Morgan fingerprint density at radius 2 is 1.66 bits per heavy atom. The Bertz CT molecular complexity index is 1070. The molecule has 0 radical (unpaired) electrons. The summed E-state index contributed by atoms with van der Waals surface area (Å²) in [7, 11) is -0.417. The number of piperidine rings is 1. The van der Waals surface area contributed by atoms with Crippen molar-refractivity contribution in [2.45, 2.75) is 45.1 Å². The average Bonchev–Trinajstić information content (AvgIpc) is 2.76. The Hall–Kier alpha value is -2.58. The first-order valence-electron chi connectivity index (χ1n) is 10.7. The predicted octanol–water partition coefficient (Wildman–Crippen LogP) is 3.35. The second-order valence-corrected chi connectivity index (χ2v) is 10.2. The largest absolute Gasteiger partial charge is 0.497 e. The molecule has 0 aromatic heterocycles. The quantitative estimate of drug-likeness (QED) is 0.685. The first-order valence-corrected chi connectivity index (χ1v) is 12.2. The van der Waals surface area contributed by atoms with Gasteiger partial charge in [-0.05, 0) is 62.9 Å². The maximum absolute atomic E-state index is 13.3. The molecular formula is C24H32N2O5S. The van der Waals surface area contributed by atoms with E-state index < -0.39 is 10.0 Å². The Kier molecular flexibility index (Phi) is 7.46. The van der Waals surface area contributed by atoms with Crippen molar-refractivity contribution in [3.8, 4) is 11.5 Å². The van der Waals surface area contributed by atoms with Crippen LogP contribution in [0.3, 0.4) is 0 Å². The van der Waals surface area contributed by atoms with Gasteiger partial charge in [-0.15, -0.1) is 0 Å². The van der Waals surface area contributed by atoms with Gasteiger partial charge in [-0.2, -0.15) is 4.31 Å². The Labute approximate surface area is 190 Å². The van der Waals surface area contributed by atoms with Gasteiger partial charge in [0.05, 0.1) is 19.1 Å². The van der Waals surface area contributed by atoms with Crippen molar-refractivity contribution < 1.29 is 22.7 Å². The number of sulfonamides is 1. The van der Waals surface area contributed by atoms with E-state index in [4.69, 9.17) is 9.47 Å². The molecule has 1 N–H and O–H groups in total. The molecule has 0 spiro atoms. The molecule has 1 heterocycles. The van der Waals surface area contributed by atoms with Gasteiger partial charge in [0.25, 0.3) is 0 Å². The number of aryl methyl sites for hydroxylation is 3. The van der Waals surface area contributed by atoms with Crippen molar-refractivity contribution in [2.24, 2.45) is 5.92 Å². The lowest BCUT2D eigenvalue weighted by Gasteiger charge is -2.31. The average molecular weight is 461 g/mol. The normalized spacial score (nSPS) is 15.4. The molecule has 8 heteroatoms. The van der Waals surface area contributed by atoms with E-state index in [1.54, 1.807) is 26.4 Å². The van der Waals surface area contributed by atoms with E-state index in [1.807, 2.05) is 39.0 Å². The number of hydrogen-bond acceptors (Lipinski definition) is 5. The summed E-state index contributed by atoms with van der Waals surface area (Å²) in [6, 6.07) is 9.23. The minimum Gasteiger partial charge on any atom is -0.497 e. The number of ether oxygens (including phenoxy) is 2. The van der Waals surface area contributed by atoms with Crippen LogP contribution in [0.1, 0.15) is 35.1 Å². The van der Waals surface area contributed by atoms with Crippen LogP contribution in [0.4, 0.5) is 0 Å². The van der Waals surface area contributed by atoms with Crippen molar-refractivity contribution in [3.63, 3.8) is 0 Å². The molecule has 3 rings (SSSR count). The lowest BCUT2D eigenvalue weighted by molar-refractivity contribution is -0.126. The minimum absolute atomic E-state index is 0.0744. The van der Waals surface area contributed by atoms with Gasteiger partial charge in [-0.3, -0.25) is 4.79 Å². The van der Waals surface area contributed by atoms with Crippen LogP contribution < -0.4 is 14.8 Å². The van der Waals surface area contributed by atoms with Gasteiger partial charge in [-0.1, -0.05) is 17.7 Å². The third-order valence-corrected chi connectivity index (χ3v) is 8.17. The van der Waals surface area contributed by atoms with Crippen LogP contribution in [0.25, 0.3) is 0 Å². The number of benzene rings is 2. The van der Waals surface area contributed by atoms with Crippen molar-refractivity contribution in [2.75, 3.05) is 27.3 Å². The second kappa shape index (κ2) is 9.92. The number of hydrogen-bond donors (Lipinski definition) is 1. The molecule has 0 unspecified atom stereocenters. The van der Waals surface area contributed by atoms with E-state index in [-0.39, 0.29) is 11.8 Å². The molecule has 32 heavy (non-hydrogen) atoms. The van der Waals surface area contributed by atoms with Crippen molar-refractivity contribution >= 4 is 15.9 Å². The highest BCUT2D eigenvalue weighted by atomic mass is 32.2. The Morgan fingerprint density at radius 1 is 1.03 bits per heavy atom. The summed E-state index contributed by atoms with van der Waals surface area (Å²) in [5.74, 6) is 1.07. The highest BCUT2D eigenvalue weighted by molar-refractivity contribution is 7.89. The molecular weight excluding hydrogens is 428 g/mol. The van der Waals surface area contributed by atoms with E-state index in [0.29, 0.717) is 48.9 Å². The number of carbonyl (C=O) groups is 1. The summed E-state index contributed by atoms with van der Waals surface area (Å²) in [6.45, 7) is 6.60. The third-order valence-electron chi connectivity index (χ3n) is 5.97. The second-order valence-electron chi connectivity index (χ2n) is 8.30. The molecule has 1 fully saturated rings. The van der Waals surface area contributed by atoms with Gasteiger partial charge >= 0.3 is 0 Å². The molecule has 1 saturated heterocycles. The summed E-state index contributed by atoms with van der Waals surface area (Å²) in [5, 5.41) is 2.96. The lowest BCUT2D eigenvalue weighted by Crippen LogP contribution is -2.43. The summed E-state index contributed by atoms with van der Waals surface area (Å²) < 4.78 is 38.6. The lowest BCUT2D eigenvalue weighted by atomic mass is 9.97. The molecule has 2 aromatic carbocycles. The van der Waals surface area contributed by atoms with Crippen molar-refractivity contribution in [1.82, 2.24) is 9.62 Å². The maximum atomic E-state index is 13.3. The minimum atomic E-state index is -3.59. The van der Waals surface area contributed by atoms with Gasteiger partial charge in [-0.25, -0.2) is 8.42 Å². The highest BCUT2D eigenvalue weighted by Crippen LogP contribution is 2.29. The number of rotatable bonds is 7. The molecule has 2 aromatic rings. The summed E-state index contributed by atoms with van der Waals surface area (Å²) >= 11 is 0. The summed E-state index contributed by atoms with van der Waals surface area (Å²) in [6.07, 6.45) is 0.981. The zero-order valence-electron chi connectivity index (χ0n) is 19.4. The molecule has 0 saturated carbocycles. The zero-order valence-corrected chi connectivity index (χ0v) is 20.2. The standard InChI is InChI=1S/C24H32N2O5S/c1-16-12-17(2)23(18(3)13-16)32(28,29)26-10-8-19(9-11-26)24(27)25-15-20-14-21(30-4)6-7-22(20)31-5/h6-7,12-14,19H,8-11,15H2,1-5H3,(H,25,27). The van der Waals surface area contributed by atoms with E-state index in [2.05, 4.69) is 5.32 Å². The number of carbonyl (C=O) groups excluding carboxylic acids is 1. The monoisotopic (exact) mass is 460 g/mol. The smallest absolute Gasteiger partial charge is 0.243 e. The summed E-state index contributed by atoms with van der Waals surface area (Å²) in [5.41, 5.74) is 3.39. The molecule has 1 aliphatic rings.